The number of amides is 1. The summed E-state index contributed by atoms with van der Waals surface area (Å²) in [6.07, 6.45) is 0. The average molecular weight is 454 g/mol. The van der Waals surface area contributed by atoms with E-state index in [9.17, 15) is 20.0 Å². The van der Waals surface area contributed by atoms with Gasteiger partial charge in [-0.25, -0.2) is 9.99 Å². The van der Waals surface area contributed by atoms with Gasteiger partial charge in [-0.15, -0.1) is 21.6 Å². The largest absolute Gasteiger partial charge is 0.497 e. The summed E-state index contributed by atoms with van der Waals surface area (Å²) in [4.78, 5) is 31.6. The summed E-state index contributed by atoms with van der Waals surface area (Å²) in [5, 5.41) is 31.5. The quantitative estimate of drug-likeness (QED) is 0.318. The van der Waals surface area contributed by atoms with Gasteiger partial charge >= 0.3 is 5.95 Å². The Hall–Kier alpha value is -4.36. The van der Waals surface area contributed by atoms with Crippen LogP contribution < -0.4 is 15.3 Å². The van der Waals surface area contributed by atoms with Crippen molar-refractivity contribution in [3.05, 3.63) is 81.2 Å². The lowest BCUT2D eigenvalue weighted by Gasteiger charge is -2.17. The molecule has 4 rings (SSSR count). The van der Waals surface area contributed by atoms with Crippen LogP contribution in [0.2, 0.25) is 0 Å². The number of aliphatic hydroxyl groups excluding tert-OH is 1. The minimum atomic E-state index is -0.676. The highest BCUT2D eigenvalue weighted by atomic mass is 32.1. The number of nitro groups is 1. The molecule has 0 fully saturated rings. The number of hydrazine groups is 1. The summed E-state index contributed by atoms with van der Waals surface area (Å²) in [5.74, 6) is -0.404. The SMILES string of the molecule is COc1ccc(N2NOC(O)=C2c2csc(N=NC(=O)c3ccc([N+](=O)[O-])cc3)n2)cc1. The van der Waals surface area contributed by atoms with Gasteiger partial charge < -0.3 is 14.7 Å². The molecule has 0 unspecified atom stereocenters. The Morgan fingerprint density at radius 1 is 1.25 bits per heavy atom. The minimum Gasteiger partial charge on any atom is -0.497 e. The topological polar surface area (TPSA) is 152 Å². The van der Waals surface area contributed by atoms with Gasteiger partial charge in [0.2, 0.25) is 5.13 Å². The number of azo groups is 1. The zero-order valence-electron chi connectivity index (χ0n) is 16.3. The first-order chi connectivity index (χ1) is 15.5. The number of hydrogen-bond donors (Lipinski definition) is 2. The number of anilines is 1. The third kappa shape index (κ3) is 4.23. The molecule has 1 amide bonds. The highest BCUT2D eigenvalue weighted by Crippen LogP contribution is 2.34. The molecule has 32 heavy (non-hydrogen) atoms. The van der Waals surface area contributed by atoms with Crippen molar-refractivity contribution in [2.24, 2.45) is 10.2 Å². The molecule has 1 aliphatic heterocycles. The van der Waals surface area contributed by atoms with Crippen LogP contribution in [0.1, 0.15) is 16.1 Å². The summed E-state index contributed by atoms with van der Waals surface area (Å²) in [6, 6.07) is 12.0. The van der Waals surface area contributed by atoms with Crippen LogP contribution in [-0.2, 0) is 4.84 Å². The molecule has 2 N–H and O–H groups in total. The molecule has 2 heterocycles. The normalized spacial score (nSPS) is 13.5. The second-order valence-corrected chi connectivity index (χ2v) is 7.04. The van der Waals surface area contributed by atoms with Gasteiger partial charge in [-0.3, -0.25) is 14.9 Å². The van der Waals surface area contributed by atoms with Crippen molar-refractivity contribution in [1.82, 2.24) is 10.6 Å². The van der Waals surface area contributed by atoms with E-state index in [-0.39, 0.29) is 22.1 Å². The molecule has 162 valence electrons. The number of rotatable bonds is 6. The van der Waals surface area contributed by atoms with Gasteiger partial charge in [0, 0.05) is 23.1 Å². The van der Waals surface area contributed by atoms with E-state index < -0.39 is 16.8 Å². The number of carbonyl (C=O) groups excluding carboxylic acids is 1. The van der Waals surface area contributed by atoms with Gasteiger partial charge in [0.15, 0.2) is 5.70 Å². The molecule has 1 aliphatic rings. The number of methoxy groups -OCH3 is 1. The summed E-state index contributed by atoms with van der Waals surface area (Å²) in [5.41, 5.74) is 3.82. The standard InChI is InChI=1S/C19H14N6O6S/c1-30-14-8-6-12(7-9-14)24-16(18(27)31-23-24)15-10-32-19(20-15)22-21-17(26)11-2-4-13(5-3-11)25(28)29/h2-10,23,27H,1H3. The molecular formula is C19H14N6O6S. The number of nitrogens with zero attached hydrogens (tertiary/aromatic N) is 5. The molecule has 0 aliphatic carbocycles. The zero-order valence-corrected chi connectivity index (χ0v) is 17.1. The molecule has 12 nitrogen and oxygen atoms in total. The Morgan fingerprint density at radius 3 is 2.62 bits per heavy atom. The van der Waals surface area contributed by atoms with Crippen LogP contribution in [0.3, 0.4) is 0 Å². The van der Waals surface area contributed by atoms with Gasteiger partial charge in [-0.1, -0.05) is 5.59 Å². The number of non-ortho nitro benzene ring substituents is 1. The maximum atomic E-state index is 12.2. The monoisotopic (exact) mass is 454 g/mol. The van der Waals surface area contributed by atoms with Crippen molar-refractivity contribution in [2.75, 3.05) is 12.1 Å². The van der Waals surface area contributed by atoms with Crippen molar-refractivity contribution in [1.29, 1.82) is 0 Å². The zero-order chi connectivity index (χ0) is 22.7. The molecule has 13 heteroatoms. The van der Waals surface area contributed by atoms with Crippen LogP contribution in [0.15, 0.2) is 70.1 Å². The molecule has 0 spiro atoms. The highest BCUT2D eigenvalue weighted by Gasteiger charge is 2.29. The van der Waals surface area contributed by atoms with Gasteiger partial charge in [0.05, 0.1) is 17.7 Å². The Balaban J connectivity index is 1.51. The number of aliphatic hydroxyl groups is 1. The third-order valence-corrected chi connectivity index (χ3v) is 5.00. The first kappa shape index (κ1) is 20.9. The second-order valence-electron chi connectivity index (χ2n) is 6.21. The summed E-state index contributed by atoms with van der Waals surface area (Å²) < 4.78 is 5.14. The first-order valence-corrected chi connectivity index (χ1v) is 9.80. The van der Waals surface area contributed by atoms with E-state index >= 15 is 0 Å². The van der Waals surface area contributed by atoms with Gasteiger partial charge in [-0.05, 0) is 36.4 Å². The van der Waals surface area contributed by atoms with Gasteiger partial charge in [0.1, 0.15) is 11.4 Å². The number of carbonyl (C=O) groups is 1. The number of nitro benzene ring substituents is 1. The molecule has 3 aromatic rings. The minimum absolute atomic E-state index is 0.134. The van der Waals surface area contributed by atoms with Gasteiger partial charge in [-0.2, -0.15) is 0 Å². The maximum absolute atomic E-state index is 12.2. The third-order valence-electron chi connectivity index (χ3n) is 4.28. The fourth-order valence-electron chi connectivity index (χ4n) is 2.71. The van der Waals surface area contributed by atoms with E-state index in [0.717, 1.165) is 11.3 Å². The molecule has 0 saturated carbocycles. The number of thiazole rings is 1. The number of nitrogens with one attached hydrogen (secondary N) is 1. The molecule has 0 atom stereocenters. The lowest BCUT2D eigenvalue weighted by atomic mass is 10.2. The van der Waals surface area contributed by atoms with Crippen molar-refractivity contribution in [2.45, 2.75) is 0 Å². The number of benzene rings is 2. The molecule has 0 bridgehead atoms. The Bertz CT molecular complexity index is 1220. The predicted molar refractivity (Wildman–Crippen MR) is 113 cm³/mol. The fourth-order valence-corrected chi connectivity index (χ4v) is 3.33. The summed E-state index contributed by atoms with van der Waals surface area (Å²) in [6.45, 7) is 0. The van der Waals surface area contributed by atoms with E-state index in [1.54, 1.807) is 36.8 Å². The Labute approximate surface area is 184 Å². The molecule has 2 aromatic carbocycles. The summed E-state index contributed by atoms with van der Waals surface area (Å²) >= 11 is 1.10. The van der Waals surface area contributed by atoms with E-state index in [1.807, 2.05) is 0 Å². The lowest BCUT2D eigenvalue weighted by Crippen LogP contribution is -2.30. The molecule has 1 aromatic heterocycles. The second kappa shape index (κ2) is 8.79. The van der Waals surface area contributed by atoms with Crippen LogP contribution in [0.25, 0.3) is 5.70 Å². The van der Waals surface area contributed by atoms with Crippen LogP contribution in [0.4, 0.5) is 16.5 Å². The molecule has 0 saturated heterocycles. The van der Waals surface area contributed by atoms with E-state index in [4.69, 9.17) is 9.57 Å². The van der Waals surface area contributed by atoms with Crippen LogP contribution in [0, 0.1) is 10.1 Å². The maximum Gasteiger partial charge on any atom is 0.327 e. The van der Waals surface area contributed by atoms with Crippen LogP contribution >= 0.6 is 11.3 Å². The van der Waals surface area contributed by atoms with E-state index in [1.165, 1.54) is 29.3 Å². The molecular weight excluding hydrogens is 440 g/mol. The van der Waals surface area contributed by atoms with Crippen LogP contribution in [0.5, 0.6) is 5.75 Å². The van der Waals surface area contributed by atoms with Crippen LogP contribution in [-0.4, -0.2) is 28.0 Å². The highest BCUT2D eigenvalue weighted by molar-refractivity contribution is 7.13. The average Bonchev–Trinajstić information content (AvgIpc) is 3.43. The van der Waals surface area contributed by atoms with Crippen molar-refractivity contribution >= 4 is 39.4 Å². The van der Waals surface area contributed by atoms with Crippen molar-refractivity contribution in [3.8, 4) is 5.75 Å². The Kier molecular flexibility index (Phi) is 5.74. The number of hydrogen-bond acceptors (Lipinski definition) is 11. The van der Waals surface area contributed by atoms with E-state index in [2.05, 4.69) is 20.8 Å². The van der Waals surface area contributed by atoms with Gasteiger partial charge in [0.25, 0.3) is 11.6 Å². The van der Waals surface area contributed by atoms with Crippen molar-refractivity contribution < 1.29 is 24.4 Å². The summed E-state index contributed by atoms with van der Waals surface area (Å²) in [7, 11) is 1.56. The lowest BCUT2D eigenvalue weighted by molar-refractivity contribution is -0.384. The number of aromatic nitrogens is 1. The fraction of sp³-hybridized carbons (Fsp3) is 0.0526. The predicted octanol–water partition coefficient (Wildman–Crippen LogP) is 4.12. The Morgan fingerprint density at radius 2 is 1.97 bits per heavy atom. The van der Waals surface area contributed by atoms with Crippen molar-refractivity contribution in [3.63, 3.8) is 0 Å². The first-order valence-electron chi connectivity index (χ1n) is 8.92. The smallest absolute Gasteiger partial charge is 0.327 e. The molecule has 0 radical (unpaired) electrons. The van der Waals surface area contributed by atoms with E-state index in [0.29, 0.717) is 17.1 Å². The number of ether oxygens (including phenoxy) is 1.